The molecule has 1 atom stereocenters. The average molecular weight is 214 g/mol. The molecule has 16 heavy (non-hydrogen) atoms. The number of nitrogens with zero attached hydrogens (tertiary/aromatic N) is 2. The fraction of sp³-hybridized carbons (Fsp3) is 0.333. The van der Waals surface area contributed by atoms with Crippen LogP contribution in [0, 0.1) is 0 Å². The molecule has 3 rings (SSSR count). The predicted molar refractivity (Wildman–Crippen MR) is 61.8 cm³/mol. The lowest BCUT2D eigenvalue weighted by Gasteiger charge is -2.05. The summed E-state index contributed by atoms with van der Waals surface area (Å²) < 4.78 is 0. The van der Waals surface area contributed by atoms with Gasteiger partial charge in [-0.2, -0.15) is 0 Å². The van der Waals surface area contributed by atoms with Crippen LogP contribution in [0.15, 0.2) is 30.6 Å². The van der Waals surface area contributed by atoms with Crippen LogP contribution in [-0.2, 0) is 0 Å². The molecule has 4 heteroatoms. The minimum atomic E-state index is 0.435. The molecule has 1 aliphatic heterocycles. The van der Waals surface area contributed by atoms with E-state index >= 15 is 0 Å². The number of rotatable bonds is 2. The van der Waals surface area contributed by atoms with Gasteiger partial charge in [-0.15, -0.1) is 0 Å². The molecule has 1 fully saturated rings. The average Bonchev–Trinajstić information content (AvgIpc) is 3.01. The zero-order valence-electron chi connectivity index (χ0n) is 8.98. The lowest BCUT2D eigenvalue weighted by Crippen LogP contribution is -2.12. The summed E-state index contributed by atoms with van der Waals surface area (Å²) in [5.41, 5.74) is 2.06. The van der Waals surface area contributed by atoms with Crippen LogP contribution in [0.4, 0.5) is 0 Å². The minimum absolute atomic E-state index is 0.435. The van der Waals surface area contributed by atoms with Crippen molar-refractivity contribution >= 4 is 0 Å². The maximum Gasteiger partial charge on any atom is 0.156 e. The van der Waals surface area contributed by atoms with Crippen molar-refractivity contribution in [2.45, 2.75) is 18.9 Å². The number of aromatic amines is 1. The Morgan fingerprint density at radius 3 is 3.00 bits per heavy atom. The summed E-state index contributed by atoms with van der Waals surface area (Å²) in [7, 11) is 0. The topological polar surface area (TPSA) is 53.6 Å². The first-order chi connectivity index (χ1) is 7.93. The third kappa shape index (κ3) is 1.72. The van der Waals surface area contributed by atoms with Crippen LogP contribution >= 0.6 is 0 Å². The normalized spacial score (nSPS) is 20.1. The Morgan fingerprint density at radius 1 is 1.25 bits per heavy atom. The van der Waals surface area contributed by atoms with Gasteiger partial charge in [0.15, 0.2) is 5.82 Å². The Morgan fingerprint density at radius 2 is 2.25 bits per heavy atom. The summed E-state index contributed by atoms with van der Waals surface area (Å²) in [4.78, 5) is 12.0. The van der Waals surface area contributed by atoms with Gasteiger partial charge in [-0.3, -0.25) is 4.98 Å². The lowest BCUT2D eigenvalue weighted by atomic mass is 10.2. The highest BCUT2D eigenvalue weighted by molar-refractivity contribution is 5.48. The maximum atomic E-state index is 4.37. The Kier molecular flexibility index (Phi) is 2.42. The van der Waals surface area contributed by atoms with E-state index in [9.17, 15) is 0 Å². The molecule has 1 aliphatic rings. The molecule has 2 N–H and O–H groups in total. The van der Waals surface area contributed by atoms with Crippen molar-refractivity contribution in [2.75, 3.05) is 6.54 Å². The second-order valence-corrected chi connectivity index (χ2v) is 4.05. The molecule has 2 aromatic heterocycles. The quantitative estimate of drug-likeness (QED) is 0.802. The molecule has 82 valence electrons. The highest BCUT2D eigenvalue weighted by Crippen LogP contribution is 2.23. The molecular formula is C12H14N4. The second-order valence-electron chi connectivity index (χ2n) is 4.05. The van der Waals surface area contributed by atoms with Crippen LogP contribution in [0.5, 0.6) is 0 Å². The van der Waals surface area contributed by atoms with Crippen molar-refractivity contribution in [3.63, 3.8) is 0 Å². The number of aromatic nitrogens is 3. The molecular weight excluding hydrogens is 200 g/mol. The summed E-state index contributed by atoms with van der Waals surface area (Å²) in [6.45, 7) is 1.10. The van der Waals surface area contributed by atoms with Crippen LogP contribution in [0.1, 0.15) is 24.6 Å². The first-order valence-corrected chi connectivity index (χ1v) is 5.63. The highest BCUT2D eigenvalue weighted by Gasteiger charge is 2.18. The number of nitrogens with one attached hydrogen (secondary N) is 2. The Bertz CT molecular complexity index is 457. The summed E-state index contributed by atoms with van der Waals surface area (Å²) in [6.07, 6.45) is 6.12. The number of hydrogen-bond donors (Lipinski definition) is 2. The van der Waals surface area contributed by atoms with E-state index in [1.807, 2.05) is 24.4 Å². The van der Waals surface area contributed by atoms with Gasteiger partial charge in [0.05, 0.1) is 11.9 Å². The third-order valence-corrected chi connectivity index (χ3v) is 2.94. The second kappa shape index (κ2) is 4.06. The molecule has 0 spiro atoms. The van der Waals surface area contributed by atoms with Crippen LogP contribution in [0.3, 0.4) is 0 Å². The van der Waals surface area contributed by atoms with Gasteiger partial charge in [-0.1, -0.05) is 6.07 Å². The van der Waals surface area contributed by atoms with Crippen molar-refractivity contribution in [3.8, 4) is 11.5 Å². The molecule has 2 aromatic rings. The molecule has 0 bridgehead atoms. The highest BCUT2D eigenvalue weighted by atomic mass is 15.0. The van der Waals surface area contributed by atoms with Gasteiger partial charge < -0.3 is 10.3 Å². The van der Waals surface area contributed by atoms with Crippen LogP contribution < -0.4 is 5.32 Å². The third-order valence-electron chi connectivity index (χ3n) is 2.94. The van der Waals surface area contributed by atoms with E-state index in [2.05, 4.69) is 20.3 Å². The maximum absolute atomic E-state index is 4.37. The molecule has 0 amide bonds. The summed E-state index contributed by atoms with van der Waals surface area (Å²) >= 11 is 0. The summed E-state index contributed by atoms with van der Waals surface area (Å²) in [6, 6.07) is 6.28. The van der Waals surface area contributed by atoms with E-state index in [-0.39, 0.29) is 0 Å². The van der Waals surface area contributed by atoms with Gasteiger partial charge in [0.1, 0.15) is 5.69 Å². The number of imidazole rings is 1. The standard InChI is InChI=1S/C12H14N4/c1-2-6-14-10(4-1)12-15-8-11(16-12)9-5-3-7-13-9/h1-2,4,6,8-9,13H,3,5,7H2,(H,15,16). The summed E-state index contributed by atoms with van der Waals surface area (Å²) in [5, 5.41) is 3.45. The fourth-order valence-electron chi connectivity index (χ4n) is 2.10. The largest absolute Gasteiger partial charge is 0.339 e. The molecule has 0 aromatic carbocycles. The zero-order valence-corrected chi connectivity index (χ0v) is 8.98. The van der Waals surface area contributed by atoms with Gasteiger partial charge in [0, 0.05) is 12.2 Å². The Balaban J connectivity index is 1.87. The van der Waals surface area contributed by atoms with Gasteiger partial charge in [0.25, 0.3) is 0 Å². The molecule has 4 nitrogen and oxygen atoms in total. The van der Waals surface area contributed by atoms with Gasteiger partial charge in [0.2, 0.25) is 0 Å². The van der Waals surface area contributed by atoms with Gasteiger partial charge >= 0.3 is 0 Å². The monoisotopic (exact) mass is 214 g/mol. The molecule has 0 saturated carbocycles. The van der Waals surface area contributed by atoms with Crippen LogP contribution in [-0.4, -0.2) is 21.5 Å². The van der Waals surface area contributed by atoms with E-state index in [4.69, 9.17) is 0 Å². The van der Waals surface area contributed by atoms with Gasteiger partial charge in [-0.05, 0) is 31.5 Å². The van der Waals surface area contributed by atoms with Crippen molar-refractivity contribution in [1.82, 2.24) is 20.3 Å². The molecule has 1 saturated heterocycles. The van der Waals surface area contributed by atoms with E-state index in [0.29, 0.717) is 6.04 Å². The fourth-order valence-corrected chi connectivity index (χ4v) is 2.10. The van der Waals surface area contributed by atoms with Crippen molar-refractivity contribution < 1.29 is 0 Å². The van der Waals surface area contributed by atoms with E-state index in [0.717, 1.165) is 23.8 Å². The molecule has 0 aliphatic carbocycles. The van der Waals surface area contributed by atoms with E-state index in [1.165, 1.54) is 12.8 Å². The minimum Gasteiger partial charge on any atom is -0.339 e. The Labute approximate surface area is 94.1 Å². The molecule has 0 radical (unpaired) electrons. The van der Waals surface area contributed by atoms with E-state index in [1.54, 1.807) is 6.20 Å². The van der Waals surface area contributed by atoms with Crippen molar-refractivity contribution in [3.05, 3.63) is 36.3 Å². The lowest BCUT2D eigenvalue weighted by molar-refractivity contribution is 0.631. The van der Waals surface area contributed by atoms with E-state index < -0.39 is 0 Å². The SMILES string of the molecule is c1ccc(-c2ncc(C3CCCN3)[nH]2)nc1. The van der Waals surface area contributed by atoms with Crippen molar-refractivity contribution in [2.24, 2.45) is 0 Å². The van der Waals surface area contributed by atoms with Crippen molar-refractivity contribution in [1.29, 1.82) is 0 Å². The predicted octanol–water partition coefficient (Wildman–Crippen LogP) is 1.90. The van der Waals surface area contributed by atoms with Gasteiger partial charge in [-0.25, -0.2) is 4.98 Å². The Hall–Kier alpha value is -1.68. The first-order valence-electron chi connectivity index (χ1n) is 5.63. The van der Waals surface area contributed by atoms with Crippen LogP contribution in [0.2, 0.25) is 0 Å². The van der Waals surface area contributed by atoms with Crippen LogP contribution in [0.25, 0.3) is 11.5 Å². The number of hydrogen-bond acceptors (Lipinski definition) is 3. The first kappa shape index (κ1) is 9.54. The zero-order chi connectivity index (χ0) is 10.8. The summed E-state index contributed by atoms with van der Waals surface area (Å²) in [5.74, 6) is 0.851. The molecule has 3 heterocycles. The number of pyridine rings is 1. The number of H-pyrrole nitrogens is 1. The molecule has 1 unspecified atom stereocenters. The smallest absolute Gasteiger partial charge is 0.156 e.